The van der Waals surface area contributed by atoms with Gasteiger partial charge in [-0.3, -0.25) is 9.79 Å². The van der Waals surface area contributed by atoms with Crippen LogP contribution < -0.4 is 16.0 Å². The van der Waals surface area contributed by atoms with Crippen molar-refractivity contribution >= 4 is 35.8 Å². The smallest absolute Gasteiger partial charge is 0.239 e. The number of hydrogen-bond acceptors (Lipinski definition) is 3. The van der Waals surface area contributed by atoms with Gasteiger partial charge in [-0.2, -0.15) is 0 Å². The number of carbonyl (C=O) groups excluding carboxylic acids is 1. The lowest BCUT2D eigenvalue weighted by Crippen LogP contribution is -2.49. The molecule has 0 aliphatic rings. The topological polar surface area (TPSA) is 68.8 Å². The molecule has 0 aliphatic carbocycles. The van der Waals surface area contributed by atoms with Crippen LogP contribution in [0.15, 0.2) is 4.99 Å². The van der Waals surface area contributed by atoms with Gasteiger partial charge in [0.15, 0.2) is 5.96 Å². The summed E-state index contributed by atoms with van der Waals surface area (Å²) >= 11 is 0. The van der Waals surface area contributed by atoms with Crippen LogP contribution in [-0.4, -0.2) is 62.1 Å². The van der Waals surface area contributed by atoms with Crippen LogP contribution in [-0.2, 0) is 4.79 Å². The number of rotatable bonds is 8. The first-order chi connectivity index (χ1) is 9.82. The van der Waals surface area contributed by atoms with E-state index in [1.54, 1.807) is 7.05 Å². The molecular formula is C15H34IN5O. The van der Waals surface area contributed by atoms with Gasteiger partial charge in [-0.05, 0) is 40.3 Å². The zero-order valence-electron chi connectivity index (χ0n) is 15.0. The van der Waals surface area contributed by atoms with Crippen molar-refractivity contribution in [1.82, 2.24) is 20.9 Å². The van der Waals surface area contributed by atoms with E-state index >= 15 is 0 Å². The molecule has 0 heterocycles. The Morgan fingerprint density at radius 3 is 2.23 bits per heavy atom. The van der Waals surface area contributed by atoms with Gasteiger partial charge < -0.3 is 20.9 Å². The molecule has 0 aromatic carbocycles. The molecule has 0 spiro atoms. The van der Waals surface area contributed by atoms with Crippen LogP contribution in [0.5, 0.6) is 0 Å². The van der Waals surface area contributed by atoms with Crippen LogP contribution >= 0.6 is 24.0 Å². The highest BCUT2D eigenvalue weighted by atomic mass is 127. The number of carbonyl (C=O) groups is 1. The molecule has 22 heavy (non-hydrogen) atoms. The minimum atomic E-state index is -0.211. The third kappa shape index (κ3) is 13.1. The first-order valence-electron chi connectivity index (χ1n) is 7.80. The van der Waals surface area contributed by atoms with E-state index in [9.17, 15) is 4.79 Å². The van der Waals surface area contributed by atoms with Crippen molar-refractivity contribution < 1.29 is 4.79 Å². The van der Waals surface area contributed by atoms with Gasteiger partial charge in [0.05, 0.1) is 6.54 Å². The molecule has 0 saturated heterocycles. The first kappa shape index (κ1) is 23.7. The van der Waals surface area contributed by atoms with E-state index in [1.165, 1.54) is 0 Å². The minimum Gasteiger partial charge on any atom is -0.355 e. The van der Waals surface area contributed by atoms with Gasteiger partial charge in [0.1, 0.15) is 0 Å². The number of aliphatic imine (C=N–C) groups is 1. The maximum Gasteiger partial charge on any atom is 0.239 e. The molecular weight excluding hydrogens is 393 g/mol. The number of guanidine groups is 1. The van der Waals surface area contributed by atoms with E-state index in [2.05, 4.69) is 39.7 Å². The van der Waals surface area contributed by atoms with Gasteiger partial charge in [-0.25, -0.2) is 0 Å². The summed E-state index contributed by atoms with van der Waals surface area (Å²) in [6, 6.07) is 0. The third-order valence-corrected chi connectivity index (χ3v) is 2.86. The molecule has 0 rings (SSSR count). The number of amides is 1. The summed E-state index contributed by atoms with van der Waals surface area (Å²) in [7, 11) is 1.71. The maximum atomic E-state index is 11.7. The minimum absolute atomic E-state index is 0. The second-order valence-electron chi connectivity index (χ2n) is 6.08. The summed E-state index contributed by atoms with van der Waals surface area (Å²) in [5.41, 5.74) is -0.211. The van der Waals surface area contributed by atoms with Crippen LogP contribution in [0.4, 0.5) is 0 Å². The van der Waals surface area contributed by atoms with Crippen molar-refractivity contribution in [1.29, 1.82) is 0 Å². The molecule has 0 aliphatic heterocycles. The van der Waals surface area contributed by atoms with E-state index in [0.717, 1.165) is 32.6 Å². The molecule has 3 N–H and O–H groups in total. The predicted octanol–water partition coefficient (Wildman–Crippen LogP) is 1.42. The molecule has 0 fully saturated rings. The fourth-order valence-corrected chi connectivity index (χ4v) is 1.92. The van der Waals surface area contributed by atoms with Gasteiger partial charge in [0.25, 0.3) is 0 Å². The molecule has 6 nitrogen and oxygen atoms in total. The van der Waals surface area contributed by atoms with Crippen molar-refractivity contribution in [2.24, 2.45) is 4.99 Å². The van der Waals surface area contributed by atoms with Gasteiger partial charge in [0.2, 0.25) is 5.91 Å². The van der Waals surface area contributed by atoms with E-state index in [0.29, 0.717) is 5.96 Å². The molecule has 0 unspecified atom stereocenters. The Balaban J connectivity index is 0. The number of nitrogens with one attached hydrogen (secondary N) is 3. The van der Waals surface area contributed by atoms with Crippen LogP contribution in [0.25, 0.3) is 0 Å². The van der Waals surface area contributed by atoms with Crippen molar-refractivity contribution in [2.75, 3.05) is 39.8 Å². The Kier molecular flexibility index (Phi) is 13.9. The van der Waals surface area contributed by atoms with Crippen molar-refractivity contribution in [2.45, 2.75) is 46.6 Å². The quantitative estimate of drug-likeness (QED) is 0.311. The van der Waals surface area contributed by atoms with Crippen molar-refractivity contribution in [3.05, 3.63) is 0 Å². The Hall–Kier alpha value is -0.570. The lowest BCUT2D eigenvalue weighted by molar-refractivity contribution is -0.121. The Morgan fingerprint density at radius 1 is 1.14 bits per heavy atom. The number of nitrogens with zero attached hydrogens (tertiary/aromatic N) is 2. The normalized spacial score (nSPS) is 11.9. The summed E-state index contributed by atoms with van der Waals surface area (Å²) in [4.78, 5) is 18.2. The van der Waals surface area contributed by atoms with E-state index in [1.807, 2.05) is 20.8 Å². The largest absolute Gasteiger partial charge is 0.355 e. The van der Waals surface area contributed by atoms with Gasteiger partial charge in [-0.15, -0.1) is 24.0 Å². The van der Waals surface area contributed by atoms with Crippen LogP contribution in [0.3, 0.4) is 0 Å². The fourth-order valence-electron chi connectivity index (χ4n) is 1.92. The Labute approximate surface area is 152 Å². The van der Waals surface area contributed by atoms with E-state index < -0.39 is 0 Å². The third-order valence-electron chi connectivity index (χ3n) is 2.86. The average Bonchev–Trinajstić information content (AvgIpc) is 2.39. The van der Waals surface area contributed by atoms with Crippen molar-refractivity contribution in [3.8, 4) is 0 Å². The fraction of sp³-hybridized carbons (Fsp3) is 0.867. The second-order valence-corrected chi connectivity index (χ2v) is 6.08. The summed E-state index contributed by atoms with van der Waals surface area (Å²) < 4.78 is 0. The molecule has 0 radical (unpaired) electrons. The molecule has 7 heteroatoms. The molecule has 0 bridgehead atoms. The summed E-state index contributed by atoms with van der Waals surface area (Å²) in [6.07, 6.45) is 1.16. The average molecular weight is 427 g/mol. The number of likely N-dealkylation sites (N-methyl/N-ethyl adjacent to an activating group) is 1. The SMILES string of the molecule is CCCN(CC)CCNC(=NC)NCC(=O)NC(C)(C)C.I. The molecule has 1 amide bonds. The van der Waals surface area contributed by atoms with E-state index in [-0.39, 0.29) is 42.0 Å². The standard InChI is InChI=1S/C15H33N5O.HI/c1-7-10-20(8-2)11-9-17-14(16-6)18-12-13(21)19-15(3,4)5;/h7-12H2,1-6H3,(H,19,21)(H2,16,17,18);1H. The number of halogens is 1. The lowest BCUT2D eigenvalue weighted by Gasteiger charge is -2.22. The zero-order valence-corrected chi connectivity index (χ0v) is 17.3. The molecule has 0 saturated carbocycles. The predicted molar refractivity (Wildman–Crippen MR) is 105 cm³/mol. The molecule has 0 aromatic heterocycles. The van der Waals surface area contributed by atoms with Gasteiger partial charge in [-0.1, -0.05) is 13.8 Å². The van der Waals surface area contributed by atoms with Gasteiger partial charge >= 0.3 is 0 Å². The maximum absolute atomic E-state index is 11.7. The molecule has 132 valence electrons. The summed E-state index contributed by atoms with van der Waals surface area (Å²) in [6.45, 7) is 14.4. The second kappa shape index (κ2) is 12.9. The van der Waals surface area contributed by atoms with Crippen LogP contribution in [0.1, 0.15) is 41.0 Å². The number of hydrogen-bond donors (Lipinski definition) is 3. The Morgan fingerprint density at radius 2 is 1.77 bits per heavy atom. The Bertz CT molecular complexity index is 328. The molecule has 0 aromatic rings. The van der Waals surface area contributed by atoms with Crippen LogP contribution in [0, 0.1) is 0 Å². The summed E-state index contributed by atoms with van der Waals surface area (Å²) in [5, 5.41) is 9.16. The highest BCUT2D eigenvalue weighted by Crippen LogP contribution is 1.97. The lowest BCUT2D eigenvalue weighted by atomic mass is 10.1. The highest BCUT2D eigenvalue weighted by Gasteiger charge is 2.13. The van der Waals surface area contributed by atoms with E-state index in [4.69, 9.17) is 0 Å². The van der Waals surface area contributed by atoms with Crippen LogP contribution in [0.2, 0.25) is 0 Å². The first-order valence-corrected chi connectivity index (χ1v) is 7.80. The highest BCUT2D eigenvalue weighted by molar-refractivity contribution is 14.0. The monoisotopic (exact) mass is 427 g/mol. The van der Waals surface area contributed by atoms with Gasteiger partial charge in [0, 0.05) is 25.7 Å². The summed E-state index contributed by atoms with van der Waals surface area (Å²) in [5.74, 6) is 0.623. The van der Waals surface area contributed by atoms with Crippen molar-refractivity contribution in [3.63, 3.8) is 0 Å². The zero-order chi connectivity index (χ0) is 16.3. The molecule has 0 atom stereocenters.